The van der Waals surface area contributed by atoms with Gasteiger partial charge in [0.15, 0.2) is 0 Å². The highest BCUT2D eigenvalue weighted by Crippen LogP contribution is 2.51. The van der Waals surface area contributed by atoms with E-state index in [0.29, 0.717) is 0 Å². The molecule has 0 bridgehead atoms. The van der Waals surface area contributed by atoms with Gasteiger partial charge in [0.25, 0.3) is 0 Å². The highest BCUT2D eigenvalue weighted by atomic mass is 32.1. The first kappa shape index (κ1) is 33.7. The number of benzene rings is 9. The van der Waals surface area contributed by atoms with E-state index in [4.69, 9.17) is 0 Å². The summed E-state index contributed by atoms with van der Waals surface area (Å²) in [5, 5.41) is 7.63. The van der Waals surface area contributed by atoms with Crippen LogP contribution >= 0.6 is 11.3 Å². The summed E-state index contributed by atoms with van der Waals surface area (Å²) in [5.41, 5.74) is 17.6. The van der Waals surface area contributed by atoms with Crippen molar-refractivity contribution in [3.8, 4) is 44.8 Å². The van der Waals surface area contributed by atoms with E-state index < -0.39 is 0 Å². The van der Waals surface area contributed by atoms with Crippen molar-refractivity contribution < 1.29 is 0 Å². The van der Waals surface area contributed by atoms with Gasteiger partial charge in [0.2, 0.25) is 0 Å². The fourth-order valence-corrected chi connectivity index (χ4v) is 11.9. The molecule has 0 saturated heterocycles. The van der Waals surface area contributed by atoms with Gasteiger partial charge in [0.05, 0.1) is 22.1 Å². The van der Waals surface area contributed by atoms with Crippen LogP contribution in [-0.4, -0.2) is 9.13 Å². The third kappa shape index (κ3) is 4.58. The van der Waals surface area contributed by atoms with Gasteiger partial charge in [0.1, 0.15) is 0 Å². The molecule has 12 aromatic rings. The number of rotatable bonds is 4. The van der Waals surface area contributed by atoms with Gasteiger partial charge < -0.3 is 9.13 Å². The van der Waals surface area contributed by atoms with Gasteiger partial charge in [0, 0.05) is 69.6 Å². The lowest BCUT2D eigenvalue weighted by molar-refractivity contribution is 0.660. The predicted molar refractivity (Wildman–Crippen MR) is 256 cm³/mol. The lowest BCUT2D eigenvalue weighted by Gasteiger charge is -2.22. The van der Waals surface area contributed by atoms with Gasteiger partial charge in [-0.15, -0.1) is 11.3 Å². The smallest absolute Gasteiger partial charge is 0.0619 e. The van der Waals surface area contributed by atoms with Crippen molar-refractivity contribution in [1.29, 1.82) is 0 Å². The number of aromatic nitrogens is 2. The summed E-state index contributed by atoms with van der Waals surface area (Å²) in [4.78, 5) is 0. The molecule has 0 spiro atoms. The highest BCUT2D eigenvalue weighted by Gasteiger charge is 2.35. The molecule has 60 heavy (non-hydrogen) atoms. The first-order valence-corrected chi connectivity index (χ1v) is 21.7. The molecule has 3 heteroatoms. The molecule has 13 rings (SSSR count). The topological polar surface area (TPSA) is 9.86 Å². The standard InChI is InChI=1S/C57H38N2S/c1-57(2)48-25-10-6-18-38(48)39-31-30-35(32-49(39)57)46-33-37(34-47-41-20-9-13-29-53(41)60-56(46)47)58-51-27-12-8-21-45(51)54-42(22-15-28-52(54)58)44-24-14-23-43-40-19-7-11-26-50(40)59(55(43)44)36-16-4-3-5-17-36/h3-34H,1-2H3. The summed E-state index contributed by atoms with van der Waals surface area (Å²) in [6.07, 6.45) is 0. The maximum atomic E-state index is 2.52. The molecule has 0 radical (unpaired) electrons. The van der Waals surface area contributed by atoms with Crippen LogP contribution in [-0.2, 0) is 5.41 Å². The van der Waals surface area contributed by atoms with Gasteiger partial charge >= 0.3 is 0 Å². The van der Waals surface area contributed by atoms with Gasteiger partial charge in [-0.3, -0.25) is 0 Å². The summed E-state index contributed by atoms with van der Waals surface area (Å²) in [5.74, 6) is 0. The molecule has 9 aromatic carbocycles. The van der Waals surface area contributed by atoms with Crippen LogP contribution < -0.4 is 0 Å². The first-order valence-electron chi connectivity index (χ1n) is 20.9. The molecule has 0 atom stereocenters. The summed E-state index contributed by atoms with van der Waals surface area (Å²) < 4.78 is 7.61. The Bertz CT molecular complexity index is 3740. The molecular weight excluding hydrogens is 745 g/mol. The van der Waals surface area contributed by atoms with Crippen LogP contribution in [0.2, 0.25) is 0 Å². The monoisotopic (exact) mass is 782 g/mol. The van der Waals surface area contributed by atoms with Gasteiger partial charge in [-0.05, 0) is 88.0 Å². The Morgan fingerprint density at radius 3 is 1.88 bits per heavy atom. The highest BCUT2D eigenvalue weighted by molar-refractivity contribution is 7.26. The van der Waals surface area contributed by atoms with Crippen molar-refractivity contribution in [1.82, 2.24) is 9.13 Å². The predicted octanol–water partition coefficient (Wildman–Crippen LogP) is 15.9. The van der Waals surface area contributed by atoms with Crippen LogP contribution in [0.25, 0.3) is 109 Å². The number of hydrogen-bond donors (Lipinski definition) is 0. The Labute approximate surface area is 351 Å². The second-order valence-electron chi connectivity index (χ2n) is 16.8. The van der Waals surface area contributed by atoms with Crippen molar-refractivity contribution in [2.24, 2.45) is 0 Å². The van der Waals surface area contributed by atoms with E-state index in [9.17, 15) is 0 Å². The minimum atomic E-state index is -0.0862. The van der Waals surface area contributed by atoms with Crippen molar-refractivity contribution in [3.05, 3.63) is 205 Å². The molecule has 3 heterocycles. The minimum absolute atomic E-state index is 0.0862. The molecule has 0 unspecified atom stereocenters. The van der Waals surface area contributed by atoms with E-state index in [1.54, 1.807) is 0 Å². The number of nitrogens with zero attached hydrogens (tertiary/aromatic N) is 2. The second kappa shape index (κ2) is 12.4. The van der Waals surface area contributed by atoms with Crippen LogP contribution in [0.15, 0.2) is 194 Å². The lowest BCUT2D eigenvalue weighted by atomic mass is 9.81. The minimum Gasteiger partial charge on any atom is -0.309 e. The van der Waals surface area contributed by atoms with Crippen LogP contribution in [0.4, 0.5) is 0 Å². The fraction of sp³-hybridized carbons (Fsp3) is 0.0526. The van der Waals surface area contributed by atoms with E-state index >= 15 is 0 Å². The maximum absolute atomic E-state index is 2.52. The molecule has 1 aliphatic rings. The molecule has 0 amide bonds. The molecule has 0 fully saturated rings. The number of fused-ring (bicyclic) bond motifs is 12. The Kier molecular flexibility index (Phi) is 6.98. The van der Waals surface area contributed by atoms with Crippen LogP contribution in [0.5, 0.6) is 0 Å². The fourth-order valence-electron chi connectivity index (χ4n) is 10.6. The molecule has 3 aromatic heterocycles. The average molecular weight is 783 g/mol. The van der Waals surface area contributed by atoms with E-state index in [2.05, 4.69) is 217 Å². The van der Waals surface area contributed by atoms with Crippen LogP contribution in [0.3, 0.4) is 0 Å². The molecule has 0 N–H and O–H groups in total. The first-order chi connectivity index (χ1) is 29.5. The SMILES string of the molecule is CC1(C)c2ccccc2-c2ccc(-c3cc(-n4c5ccccc5c5c(-c6cccc7c8ccccc8n(-c8ccccc8)c67)cccc54)cc4c3sc3ccccc34)cc21. The largest absolute Gasteiger partial charge is 0.309 e. The third-order valence-corrected chi connectivity index (χ3v) is 14.5. The van der Waals surface area contributed by atoms with E-state index in [1.807, 2.05) is 11.3 Å². The van der Waals surface area contributed by atoms with E-state index in [0.717, 1.165) is 5.69 Å². The molecule has 0 aliphatic heterocycles. The normalized spacial score (nSPS) is 13.3. The summed E-state index contributed by atoms with van der Waals surface area (Å²) in [6.45, 7) is 4.75. The number of para-hydroxylation sites is 4. The number of thiophene rings is 1. The Balaban J connectivity index is 1.10. The summed E-state index contributed by atoms with van der Waals surface area (Å²) in [6, 6.07) is 72.3. The van der Waals surface area contributed by atoms with Crippen molar-refractivity contribution in [3.63, 3.8) is 0 Å². The molecule has 282 valence electrons. The van der Waals surface area contributed by atoms with Crippen molar-refractivity contribution in [2.45, 2.75) is 19.3 Å². The van der Waals surface area contributed by atoms with Gasteiger partial charge in [-0.2, -0.15) is 0 Å². The Morgan fingerprint density at radius 1 is 0.383 bits per heavy atom. The molecule has 0 saturated carbocycles. The summed E-state index contributed by atoms with van der Waals surface area (Å²) in [7, 11) is 0. The second-order valence-corrected chi connectivity index (χ2v) is 17.9. The quantitative estimate of drug-likeness (QED) is 0.168. The summed E-state index contributed by atoms with van der Waals surface area (Å²) >= 11 is 1.91. The Hall–Kier alpha value is -7.20. The van der Waals surface area contributed by atoms with Crippen molar-refractivity contribution in [2.75, 3.05) is 0 Å². The zero-order valence-electron chi connectivity index (χ0n) is 33.3. The molecule has 1 aliphatic carbocycles. The molecule has 2 nitrogen and oxygen atoms in total. The molecular formula is C57H38N2S. The zero-order chi connectivity index (χ0) is 39.7. The van der Waals surface area contributed by atoms with E-state index in [-0.39, 0.29) is 5.41 Å². The maximum Gasteiger partial charge on any atom is 0.0619 e. The van der Waals surface area contributed by atoms with Crippen LogP contribution in [0.1, 0.15) is 25.0 Å². The average Bonchev–Trinajstić information content (AvgIpc) is 4.02. The Morgan fingerprint density at radius 2 is 1.02 bits per heavy atom. The van der Waals surface area contributed by atoms with Crippen molar-refractivity contribution >= 4 is 75.1 Å². The lowest BCUT2D eigenvalue weighted by Crippen LogP contribution is -2.14. The van der Waals surface area contributed by atoms with Gasteiger partial charge in [-0.25, -0.2) is 0 Å². The van der Waals surface area contributed by atoms with Gasteiger partial charge in [-0.1, -0.05) is 153 Å². The third-order valence-electron chi connectivity index (χ3n) is 13.3. The zero-order valence-corrected chi connectivity index (χ0v) is 34.1. The van der Waals surface area contributed by atoms with E-state index in [1.165, 1.54) is 114 Å². The van der Waals surface area contributed by atoms with Crippen LogP contribution in [0, 0.1) is 0 Å². The number of hydrogen-bond acceptors (Lipinski definition) is 1.